The first-order valence-corrected chi connectivity index (χ1v) is 6.57. The Hall–Kier alpha value is -0.750. The highest BCUT2D eigenvalue weighted by Crippen LogP contribution is 2.03. The van der Waals surface area contributed by atoms with Crippen LogP contribution in [0.4, 0.5) is 0 Å². The third-order valence-corrected chi connectivity index (χ3v) is 2.89. The highest BCUT2D eigenvalue weighted by atomic mass is 32.2. The Labute approximate surface area is 100 Å². The van der Waals surface area contributed by atoms with Crippen molar-refractivity contribution in [3.05, 3.63) is 0 Å². The predicted molar refractivity (Wildman–Crippen MR) is 65.4 cm³/mol. The zero-order valence-corrected chi connectivity index (χ0v) is 10.7. The van der Waals surface area contributed by atoms with E-state index >= 15 is 0 Å². The minimum Gasteiger partial charge on any atom is -0.480 e. The van der Waals surface area contributed by atoms with Crippen molar-refractivity contribution in [3.63, 3.8) is 0 Å². The Morgan fingerprint density at radius 1 is 1.44 bits per heavy atom. The van der Waals surface area contributed by atoms with Gasteiger partial charge in [-0.1, -0.05) is 13.8 Å². The van der Waals surface area contributed by atoms with Gasteiger partial charge in [-0.25, -0.2) is 4.79 Å². The molecule has 0 aromatic heterocycles. The van der Waals surface area contributed by atoms with E-state index in [-0.39, 0.29) is 5.92 Å². The molecule has 0 aliphatic carbocycles. The molecule has 0 radical (unpaired) electrons. The van der Waals surface area contributed by atoms with Gasteiger partial charge in [0.25, 0.3) is 0 Å². The Morgan fingerprint density at radius 3 is 2.38 bits per heavy atom. The van der Waals surface area contributed by atoms with Crippen LogP contribution in [0.2, 0.25) is 0 Å². The van der Waals surface area contributed by atoms with E-state index in [1.165, 1.54) is 0 Å². The van der Waals surface area contributed by atoms with Crippen LogP contribution in [0.25, 0.3) is 0 Å². The minimum absolute atomic E-state index is 0.00463. The van der Waals surface area contributed by atoms with Gasteiger partial charge in [-0.05, 0) is 24.3 Å². The Bertz CT molecular complexity index is 246. The van der Waals surface area contributed by atoms with Crippen LogP contribution in [0.1, 0.15) is 20.3 Å². The molecule has 0 saturated carbocycles. The Morgan fingerprint density at radius 2 is 2.00 bits per heavy atom. The molecule has 1 unspecified atom stereocenters. The first-order chi connectivity index (χ1) is 7.40. The highest BCUT2D eigenvalue weighted by Gasteiger charge is 2.24. The van der Waals surface area contributed by atoms with Gasteiger partial charge in [-0.3, -0.25) is 4.79 Å². The normalized spacial score (nSPS) is 14.6. The summed E-state index contributed by atoms with van der Waals surface area (Å²) < 4.78 is 0. The van der Waals surface area contributed by atoms with E-state index in [1.807, 2.05) is 20.1 Å². The molecule has 94 valence electrons. The first kappa shape index (κ1) is 15.2. The van der Waals surface area contributed by atoms with E-state index in [4.69, 9.17) is 10.8 Å². The van der Waals surface area contributed by atoms with Gasteiger partial charge in [0.2, 0.25) is 5.91 Å². The SMILES string of the molecule is CSCC[C@@H](NC(=O)C(N)C(C)C)C(=O)O. The second kappa shape index (κ2) is 7.51. The number of rotatable bonds is 7. The zero-order chi connectivity index (χ0) is 12.7. The van der Waals surface area contributed by atoms with Crippen molar-refractivity contribution in [1.82, 2.24) is 5.32 Å². The minimum atomic E-state index is -1.02. The van der Waals surface area contributed by atoms with Gasteiger partial charge >= 0.3 is 5.97 Å². The van der Waals surface area contributed by atoms with Crippen molar-refractivity contribution in [2.75, 3.05) is 12.0 Å². The molecule has 16 heavy (non-hydrogen) atoms. The molecular formula is C10H20N2O3S. The average molecular weight is 248 g/mol. The number of hydrogen-bond acceptors (Lipinski definition) is 4. The van der Waals surface area contributed by atoms with Crippen molar-refractivity contribution in [3.8, 4) is 0 Å². The largest absolute Gasteiger partial charge is 0.480 e. The van der Waals surface area contributed by atoms with E-state index in [0.29, 0.717) is 12.2 Å². The van der Waals surface area contributed by atoms with Crippen molar-refractivity contribution in [2.24, 2.45) is 11.7 Å². The molecule has 0 fully saturated rings. The second-order valence-electron chi connectivity index (χ2n) is 3.95. The molecule has 2 atom stereocenters. The van der Waals surface area contributed by atoms with E-state index in [9.17, 15) is 9.59 Å². The number of nitrogens with two attached hydrogens (primary N) is 1. The molecule has 0 heterocycles. The number of hydrogen-bond donors (Lipinski definition) is 3. The summed E-state index contributed by atoms with van der Waals surface area (Å²) in [6, 6.07) is -1.50. The topological polar surface area (TPSA) is 92.4 Å². The van der Waals surface area contributed by atoms with E-state index in [0.717, 1.165) is 0 Å². The van der Waals surface area contributed by atoms with Crippen LogP contribution in [0.3, 0.4) is 0 Å². The molecular weight excluding hydrogens is 228 g/mol. The van der Waals surface area contributed by atoms with E-state index in [1.54, 1.807) is 11.8 Å². The standard InChI is InChI=1S/C10H20N2O3S/c1-6(2)8(11)9(13)12-7(10(14)15)4-5-16-3/h6-8H,4-5,11H2,1-3H3,(H,12,13)(H,14,15)/t7-,8?/m1/s1. The fourth-order valence-electron chi connectivity index (χ4n) is 1.06. The molecule has 1 amide bonds. The van der Waals surface area contributed by atoms with Crippen molar-refractivity contribution in [2.45, 2.75) is 32.4 Å². The number of aliphatic carboxylic acids is 1. The maximum absolute atomic E-state index is 11.6. The highest BCUT2D eigenvalue weighted by molar-refractivity contribution is 7.98. The lowest BCUT2D eigenvalue weighted by Gasteiger charge is -2.19. The summed E-state index contributed by atoms with van der Waals surface area (Å²) in [6.45, 7) is 3.64. The van der Waals surface area contributed by atoms with E-state index in [2.05, 4.69) is 5.32 Å². The molecule has 0 aliphatic heterocycles. The maximum atomic E-state index is 11.6. The number of nitrogens with one attached hydrogen (secondary N) is 1. The summed E-state index contributed by atoms with van der Waals surface area (Å²) in [5.74, 6) is -0.731. The van der Waals surface area contributed by atoms with Gasteiger partial charge in [0.05, 0.1) is 6.04 Å². The van der Waals surface area contributed by atoms with Crippen LogP contribution in [0, 0.1) is 5.92 Å². The third kappa shape index (κ3) is 5.37. The molecule has 0 aliphatic rings. The van der Waals surface area contributed by atoms with Crippen molar-refractivity contribution < 1.29 is 14.7 Å². The smallest absolute Gasteiger partial charge is 0.326 e. The van der Waals surface area contributed by atoms with Crippen LogP contribution >= 0.6 is 11.8 Å². The fourth-order valence-corrected chi connectivity index (χ4v) is 1.54. The molecule has 0 bridgehead atoms. The van der Waals surface area contributed by atoms with Crippen LogP contribution < -0.4 is 11.1 Å². The van der Waals surface area contributed by atoms with Gasteiger partial charge < -0.3 is 16.2 Å². The van der Waals surface area contributed by atoms with Gasteiger partial charge in [0.15, 0.2) is 0 Å². The zero-order valence-electron chi connectivity index (χ0n) is 9.90. The number of carboxylic acids is 1. The molecule has 0 aromatic rings. The Kier molecular flexibility index (Phi) is 7.16. The molecule has 4 N–H and O–H groups in total. The predicted octanol–water partition coefficient (Wildman–Crippen LogP) is 0.292. The third-order valence-electron chi connectivity index (χ3n) is 2.25. The average Bonchev–Trinajstić information content (AvgIpc) is 2.21. The van der Waals surface area contributed by atoms with Crippen molar-refractivity contribution >= 4 is 23.6 Å². The monoisotopic (exact) mass is 248 g/mol. The lowest BCUT2D eigenvalue weighted by molar-refractivity contribution is -0.142. The second-order valence-corrected chi connectivity index (χ2v) is 4.94. The van der Waals surface area contributed by atoms with Gasteiger partial charge in [-0.15, -0.1) is 0 Å². The first-order valence-electron chi connectivity index (χ1n) is 5.17. The molecule has 0 rings (SSSR count). The van der Waals surface area contributed by atoms with Gasteiger partial charge in [-0.2, -0.15) is 11.8 Å². The van der Waals surface area contributed by atoms with Crippen LogP contribution in [-0.2, 0) is 9.59 Å². The van der Waals surface area contributed by atoms with Crippen LogP contribution in [0.5, 0.6) is 0 Å². The van der Waals surface area contributed by atoms with Gasteiger partial charge in [0.1, 0.15) is 6.04 Å². The summed E-state index contributed by atoms with van der Waals surface area (Å²) in [5, 5.41) is 11.4. The lowest BCUT2D eigenvalue weighted by Crippen LogP contribution is -2.50. The summed E-state index contributed by atoms with van der Waals surface area (Å²) in [6.07, 6.45) is 2.30. The number of carbonyl (C=O) groups is 2. The molecule has 0 aromatic carbocycles. The summed E-state index contributed by atoms with van der Waals surface area (Å²) in [4.78, 5) is 22.4. The van der Waals surface area contributed by atoms with Crippen molar-refractivity contribution in [1.29, 1.82) is 0 Å². The fraction of sp³-hybridized carbons (Fsp3) is 0.800. The molecule has 0 spiro atoms. The van der Waals surface area contributed by atoms with E-state index < -0.39 is 24.0 Å². The molecule has 5 nitrogen and oxygen atoms in total. The van der Waals surface area contributed by atoms with Gasteiger partial charge in [0, 0.05) is 0 Å². The number of thioether (sulfide) groups is 1. The number of amides is 1. The van der Waals surface area contributed by atoms with Crippen LogP contribution in [-0.4, -0.2) is 41.1 Å². The molecule has 0 saturated heterocycles. The number of carboxylic acid groups (broad SMARTS) is 1. The summed E-state index contributed by atoms with van der Waals surface area (Å²) >= 11 is 1.54. The quantitative estimate of drug-likeness (QED) is 0.602. The lowest BCUT2D eigenvalue weighted by atomic mass is 10.0. The summed E-state index contributed by atoms with van der Waals surface area (Å²) in [5.41, 5.74) is 5.63. The molecule has 6 heteroatoms. The maximum Gasteiger partial charge on any atom is 0.326 e. The Balaban J connectivity index is 4.28. The summed E-state index contributed by atoms with van der Waals surface area (Å²) in [7, 11) is 0. The number of carbonyl (C=O) groups excluding carboxylic acids is 1. The van der Waals surface area contributed by atoms with Crippen LogP contribution in [0.15, 0.2) is 0 Å².